The number of aryl methyl sites for hydroxylation is 2. The number of carbonyl (C=O) groups excluding carboxylic acids is 1. The third kappa shape index (κ3) is 2.74. The summed E-state index contributed by atoms with van der Waals surface area (Å²) in [4.78, 5) is 15.3. The van der Waals surface area contributed by atoms with Crippen molar-refractivity contribution in [3.63, 3.8) is 0 Å². The molecule has 2 aromatic rings. The van der Waals surface area contributed by atoms with Crippen molar-refractivity contribution < 1.29 is 14.1 Å². The highest BCUT2D eigenvalue weighted by Gasteiger charge is 2.07. The molecule has 0 fully saturated rings. The largest absolute Gasteiger partial charge is 0.483 e. The van der Waals surface area contributed by atoms with Crippen LogP contribution in [-0.4, -0.2) is 15.9 Å². The molecule has 1 heterocycles. The van der Waals surface area contributed by atoms with Gasteiger partial charge >= 0.3 is 0 Å². The van der Waals surface area contributed by atoms with Crippen LogP contribution in [-0.2, 0) is 6.61 Å². The van der Waals surface area contributed by atoms with E-state index in [-0.39, 0.29) is 12.4 Å². The molecule has 0 aliphatic rings. The van der Waals surface area contributed by atoms with Gasteiger partial charge in [-0.15, -0.1) is 0 Å². The van der Waals surface area contributed by atoms with Gasteiger partial charge < -0.3 is 9.26 Å². The minimum absolute atomic E-state index is 0.0391. The fraction of sp³-hybridized carbons (Fsp3) is 0.308. The van der Waals surface area contributed by atoms with E-state index >= 15 is 0 Å². The quantitative estimate of drug-likeness (QED) is 0.775. The van der Waals surface area contributed by atoms with Crippen LogP contribution in [0.15, 0.2) is 22.7 Å². The Morgan fingerprint density at radius 3 is 2.72 bits per heavy atom. The zero-order valence-electron chi connectivity index (χ0n) is 10.6. The molecule has 0 saturated heterocycles. The SMILES string of the molecule is CC(=O)c1ccc(OCc2nc(C)no2)c(C)c1. The summed E-state index contributed by atoms with van der Waals surface area (Å²) in [6, 6.07) is 5.32. The Balaban J connectivity index is 2.08. The molecule has 0 aliphatic heterocycles. The van der Waals surface area contributed by atoms with Crippen molar-refractivity contribution >= 4 is 5.78 Å². The molecule has 0 spiro atoms. The van der Waals surface area contributed by atoms with Crippen molar-refractivity contribution in [2.75, 3.05) is 0 Å². The fourth-order valence-electron chi connectivity index (χ4n) is 1.57. The number of ketones is 1. The van der Waals surface area contributed by atoms with Gasteiger partial charge in [0.15, 0.2) is 18.2 Å². The van der Waals surface area contributed by atoms with Gasteiger partial charge in [0.1, 0.15) is 5.75 Å². The number of aromatic nitrogens is 2. The van der Waals surface area contributed by atoms with Crippen LogP contribution in [0.1, 0.15) is 34.6 Å². The molecular formula is C13H14N2O3. The number of hydrogen-bond acceptors (Lipinski definition) is 5. The predicted molar refractivity (Wildman–Crippen MR) is 64.6 cm³/mol. The molecule has 1 aromatic heterocycles. The van der Waals surface area contributed by atoms with Gasteiger partial charge in [-0.1, -0.05) is 5.16 Å². The molecule has 0 N–H and O–H groups in total. The Kier molecular flexibility index (Phi) is 3.41. The van der Waals surface area contributed by atoms with Crippen LogP contribution in [0.5, 0.6) is 5.75 Å². The zero-order valence-corrected chi connectivity index (χ0v) is 10.6. The summed E-state index contributed by atoms with van der Waals surface area (Å²) in [6.45, 7) is 5.40. The van der Waals surface area contributed by atoms with Gasteiger partial charge in [-0.25, -0.2) is 0 Å². The lowest BCUT2D eigenvalue weighted by Crippen LogP contribution is -1.99. The summed E-state index contributed by atoms with van der Waals surface area (Å²) >= 11 is 0. The summed E-state index contributed by atoms with van der Waals surface area (Å²) in [7, 11) is 0. The van der Waals surface area contributed by atoms with Crippen LogP contribution < -0.4 is 4.74 Å². The van der Waals surface area contributed by atoms with Crippen molar-refractivity contribution in [2.45, 2.75) is 27.4 Å². The van der Waals surface area contributed by atoms with E-state index in [2.05, 4.69) is 10.1 Å². The minimum Gasteiger partial charge on any atom is -0.483 e. The fourth-order valence-corrected chi connectivity index (χ4v) is 1.57. The highest BCUT2D eigenvalue weighted by Crippen LogP contribution is 2.20. The average Bonchev–Trinajstić information content (AvgIpc) is 2.73. The number of Topliss-reactive ketones (excluding diaryl/α,β-unsaturated/α-hetero) is 1. The van der Waals surface area contributed by atoms with Crippen molar-refractivity contribution in [3.8, 4) is 5.75 Å². The third-order valence-corrected chi connectivity index (χ3v) is 2.50. The average molecular weight is 246 g/mol. The summed E-state index contributed by atoms with van der Waals surface area (Å²) < 4.78 is 10.5. The van der Waals surface area contributed by atoms with Gasteiger partial charge in [0, 0.05) is 5.56 Å². The number of nitrogens with zero attached hydrogens (tertiary/aromatic N) is 2. The molecule has 0 unspecified atom stereocenters. The van der Waals surface area contributed by atoms with E-state index in [0.29, 0.717) is 23.0 Å². The Morgan fingerprint density at radius 2 is 2.17 bits per heavy atom. The van der Waals surface area contributed by atoms with E-state index < -0.39 is 0 Å². The van der Waals surface area contributed by atoms with Crippen molar-refractivity contribution in [3.05, 3.63) is 41.0 Å². The van der Waals surface area contributed by atoms with Gasteiger partial charge in [0.2, 0.25) is 0 Å². The molecule has 94 valence electrons. The molecule has 18 heavy (non-hydrogen) atoms. The third-order valence-electron chi connectivity index (χ3n) is 2.50. The van der Waals surface area contributed by atoms with Gasteiger partial charge in [0.05, 0.1) is 0 Å². The number of hydrogen-bond donors (Lipinski definition) is 0. The maximum atomic E-state index is 11.2. The van der Waals surface area contributed by atoms with Gasteiger partial charge in [-0.05, 0) is 44.5 Å². The smallest absolute Gasteiger partial charge is 0.264 e. The number of ether oxygens (including phenoxy) is 1. The van der Waals surface area contributed by atoms with Crippen LogP contribution in [0.25, 0.3) is 0 Å². The summed E-state index contributed by atoms with van der Waals surface area (Å²) in [5.41, 5.74) is 1.58. The predicted octanol–water partition coefficient (Wildman–Crippen LogP) is 2.47. The molecule has 2 rings (SSSR count). The van der Waals surface area contributed by atoms with E-state index in [0.717, 1.165) is 5.56 Å². The Morgan fingerprint density at radius 1 is 1.39 bits per heavy atom. The molecule has 5 nitrogen and oxygen atoms in total. The first-order chi connectivity index (χ1) is 8.56. The molecule has 0 bridgehead atoms. The highest BCUT2D eigenvalue weighted by molar-refractivity contribution is 5.94. The maximum Gasteiger partial charge on any atom is 0.264 e. The second kappa shape index (κ2) is 5.00. The van der Waals surface area contributed by atoms with E-state index in [1.165, 1.54) is 6.92 Å². The lowest BCUT2D eigenvalue weighted by atomic mass is 10.1. The van der Waals surface area contributed by atoms with Crippen LogP contribution >= 0.6 is 0 Å². The van der Waals surface area contributed by atoms with E-state index in [1.807, 2.05) is 6.92 Å². The van der Waals surface area contributed by atoms with Crippen LogP contribution in [0.2, 0.25) is 0 Å². The number of rotatable bonds is 4. The highest BCUT2D eigenvalue weighted by atomic mass is 16.5. The summed E-state index contributed by atoms with van der Waals surface area (Å²) in [5.74, 6) is 1.76. The summed E-state index contributed by atoms with van der Waals surface area (Å²) in [5, 5.41) is 3.68. The van der Waals surface area contributed by atoms with Crippen LogP contribution in [0, 0.1) is 13.8 Å². The van der Waals surface area contributed by atoms with Crippen LogP contribution in [0.3, 0.4) is 0 Å². The lowest BCUT2D eigenvalue weighted by Gasteiger charge is -2.07. The molecule has 1 aromatic carbocycles. The number of carbonyl (C=O) groups is 1. The molecule has 5 heteroatoms. The van der Waals surface area contributed by atoms with Gasteiger partial charge in [0.25, 0.3) is 5.89 Å². The standard InChI is InChI=1S/C13H14N2O3/c1-8-6-11(9(2)16)4-5-12(8)17-7-13-14-10(3)15-18-13/h4-6H,7H2,1-3H3. The van der Waals surface area contributed by atoms with E-state index in [9.17, 15) is 4.79 Å². The van der Waals surface area contributed by atoms with Crippen LogP contribution in [0.4, 0.5) is 0 Å². The normalized spacial score (nSPS) is 10.4. The number of benzene rings is 1. The monoisotopic (exact) mass is 246 g/mol. The van der Waals surface area contributed by atoms with E-state index in [1.54, 1.807) is 25.1 Å². The maximum absolute atomic E-state index is 11.2. The second-order valence-electron chi connectivity index (χ2n) is 4.06. The first kappa shape index (κ1) is 12.3. The van der Waals surface area contributed by atoms with Crippen molar-refractivity contribution in [2.24, 2.45) is 0 Å². The lowest BCUT2D eigenvalue weighted by molar-refractivity contribution is 0.101. The van der Waals surface area contributed by atoms with E-state index in [4.69, 9.17) is 9.26 Å². The first-order valence-electron chi connectivity index (χ1n) is 5.60. The first-order valence-corrected chi connectivity index (χ1v) is 5.60. The summed E-state index contributed by atoms with van der Waals surface area (Å²) in [6.07, 6.45) is 0. The molecule has 0 aliphatic carbocycles. The molecule has 0 amide bonds. The molecular weight excluding hydrogens is 232 g/mol. The van der Waals surface area contributed by atoms with Gasteiger partial charge in [-0.2, -0.15) is 4.98 Å². The molecule has 0 radical (unpaired) electrons. The van der Waals surface area contributed by atoms with Gasteiger partial charge in [-0.3, -0.25) is 4.79 Å². The van der Waals surface area contributed by atoms with Crippen molar-refractivity contribution in [1.82, 2.24) is 10.1 Å². The molecule has 0 atom stereocenters. The zero-order chi connectivity index (χ0) is 13.1. The minimum atomic E-state index is 0.0391. The Labute approximate surface area is 105 Å². The topological polar surface area (TPSA) is 65.2 Å². The molecule has 0 saturated carbocycles. The second-order valence-corrected chi connectivity index (χ2v) is 4.06. The Bertz CT molecular complexity index is 575. The van der Waals surface area contributed by atoms with Crippen molar-refractivity contribution in [1.29, 1.82) is 0 Å². The Hall–Kier alpha value is -2.17.